The van der Waals surface area contributed by atoms with Crippen molar-refractivity contribution in [3.8, 4) is 0 Å². The highest BCUT2D eigenvalue weighted by Gasteiger charge is 2.08. The van der Waals surface area contributed by atoms with Crippen molar-refractivity contribution in [3.05, 3.63) is 57.1 Å². The molecule has 1 aromatic heterocycles. The molecule has 0 radical (unpaired) electrons. The molecular weight excluding hydrogens is 382 g/mol. The molecule has 20 heavy (non-hydrogen) atoms. The number of rotatable bonds is 3. The maximum Gasteiger partial charge on any atom is 0.0894 e. The number of halogens is 2. The Hall–Kier alpha value is -1.33. The molecule has 3 rings (SSSR count). The average molecular weight is 395 g/mol. The average Bonchev–Trinajstić information content (AvgIpc) is 2.77. The van der Waals surface area contributed by atoms with E-state index in [4.69, 9.17) is 0 Å². The van der Waals surface area contributed by atoms with E-state index in [-0.39, 0.29) is 0 Å². The number of hydrogen-bond donors (Lipinski definition) is 1. The molecule has 0 saturated heterocycles. The van der Waals surface area contributed by atoms with Gasteiger partial charge in [0.05, 0.1) is 17.8 Å². The van der Waals surface area contributed by atoms with Gasteiger partial charge in [0, 0.05) is 27.1 Å². The molecule has 3 nitrogen and oxygen atoms in total. The number of aromatic nitrogens is 2. The molecule has 0 aliphatic heterocycles. The number of benzene rings is 2. The molecule has 0 amide bonds. The normalized spacial score (nSPS) is 10.9. The molecule has 102 valence electrons. The summed E-state index contributed by atoms with van der Waals surface area (Å²) in [4.78, 5) is 0. The van der Waals surface area contributed by atoms with Crippen LogP contribution in [-0.2, 0) is 13.6 Å². The second kappa shape index (κ2) is 5.58. The van der Waals surface area contributed by atoms with Crippen LogP contribution >= 0.6 is 31.9 Å². The van der Waals surface area contributed by atoms with E-state index in [0.717, 1.165) is 25.8 Å². The van der Waals surface area contributed by atoms with E-state index in [1.54, 1.807) is 0 Å². The Bertz CT molecular complexity index is 765. The van der Waals surface area contributed by atoms with Crippen molar-refractivity contribution < 1.29 is 0 Å². The first-order chi connectivity index (χ1) is 9.65. The number of para-hydroxylation sites is 1. The Morgan fingerprint density at radius 2 is 1.95 bits per heavy atom. The lowest BCUT2D eigenvalue weighted by Crippen LogP contribution is -2.02. The maximum absolute atomic E-state index is 4.58. The van der Waals surface area contributed by atoms with E-state index < -0.39 is 0 Å². The molecule has 3 aromatic rings. The maximum atomic E-state index is 4.58. The van der Waals surface area contributed by atoms with Crippen molar-refractivity contribution in [2.24, 2.45) is 7.05 Å². The van der Waals surface area contributed by atoms with Crippen molar-refractivity contribution >= 4 is 48.5 Å². The van der Waals surface area contributed by atoms with Crippen LogP contribution in [0.3, 0.4) is 0 Å². The SMILES string of the molecule is Cn1nc(CNc2cc(Br)ccc2Br)c2ccccc21. The van der Waals surface area contributed by atoms with Gasteiger partial charge in [-0.2, -0.15) is 5.10 Å². The van der Waals surface area contributed by atoms with Gasteiger partial charge in [-0.3, -0.25) is 4.68 Å². The number of nitrogens with one attached hydrogen (secondary N) is 1. The molecule has 1 heterocycles. The first-order valence-electron chi connectivity index (χ1n) is 6.24. The van der Waals surface area contributed by atoms with Crippen LogP contribution in [0.2, 0.25) is 0 Å². The minimum absolute atomic E-state index is 0.691. The van der Waals surface area contributed by atoms with Crippen LogP contribution in [0, 0.1) is 0 Å². The second-order valence-electron chi connectivity index (χ2n) is 4.57. The van der Waals surface area contributed by atoms with Gasteiger partial charge in [0.15, 0.2) is 0 Å². The summed E-state index contributed by atoms with van der Waals surface area (Å²) < 4.78 is 4.01. The topological polar surface area (TPSA) is 29.9 Å². The van der Waals surface area contributed by atoms with Gasteiger partial charge in [-0.1, -0.05) is 34.1 Å². The summed E-state index contributed by atoms with van der Waals surface area (Å²) in [6.45, 7) is 0.691. The lowest BCUT2D eigenvalue weighted by atomic mass is 10.2. The van der Waals surface area contributed by atoms with E-state index >= 15 is 0 Å². The smallest absolute Gasteiger partial charge is 0.0894 e. The van der Waals surface area contributed by atoms with Gasteiger partial charge in [-0.15, -0.1) is 0 Å². The van der Waals surface area contributed by atoms with E-state index in [9.17, 15) is 0 Å². The molecule has 0 aliphatic rings. The molecule has 0 fully saturated rings. The van der Waals surface area contributed by atoms with Crippen LogP contribution in [-0.4, -0.2) is 9.78 Å². The summed E-state index contributed by atoms with van der Waals surface area (Å²) in [5.41, 5.74) is 3.25. The third kappa shape index (κ3) is 2.60. The van der Waals surface area contributed by atoms with Crippen molar-refractivity contribution in [1.29, 1.82) is 0 Å². The lowest BCUT2D eigenvalue weighted by Gasteiger charge is -2.07. The highest BCUT2D eigenvalue weighted by atomic mass is 79.9. The van der Waals surface area contributed by atoms with Crippen LogP contribution in [0.5, 0.6) is 0 Å². The van der Waals surface area contributed by atoms with Gasteiger partial charge >= 0.3 is 0 Å². The molecule has 2 aromatic carbocycles. The van der Waals surface area contributed by atoms with Crippen molar-refractivity contribution in [1.82, 2.24) is 9.78 Å². The number of hydrogen-bond acceptors (Lipinski definition) is 2. The van der Waals surface area contributed by atoms with Crippen LogP contribution in [0.1, 0.15) is 5.69 Å². The molecule has 0 bridgehead atoms. The zero-order chi connectivity index (χ0) is 14.1. The molecule has 0 unspecified atom stereocenters. The first-order valence-corrected chi connectivity index (χ1v) is 7.83. The summed E-state index contributed by atoms with van der Waals surface area (Å²) in [6.07, 6.45) is 0. The number of nitrogens with zero attached hydrogens (tertiary/aromatic N) is 2. The fraction of sp³-hybridized carbons (Fsp3) is 0.133. The van der Waals surface area contributed by atoms with Crippen molar-refractivity contribution in [2.45, 2.75) is 6.54 Å². The minimum atomic E-state index is 0.691. The van der Waals surface area contributed by atoms with E-state index in [2.05, 4.69) is 60.5 Å². The second-order valence-corrected chi connectivity index (χ2v) is 6.34. The summed E-state index contributed by atoms with van der Waals surface area (Å²) in [5.74, 6) is 0. The predicted molar refractivity (Wildman–Crippen MR) is 89.9 cm³/mol. The third-order valence-corrected chi connectivity index (χ3v) is 4.39. The highest BCUT2D eigenvalue weighted by molar-refractivity contribution is 9.11. The fourth-order valence-electron chi connectivity index (χ4n) is 2.23. The Morgan fingerprint density at radius 1 is 1.15 bits per heavy atom. The van der Waals surface area contributed by atoms with Crippen LogP contribution in [0.25, 0.3) is 10.9 Å². The standard InChI is InChI=1S/C15H13Br2N3/c1-20-15-5-3-2-4-11(15)14(19-20)9-18-13-8-10(16)6-7-12(13)17/h2-8,18H,9H2,1H3. The van der Waals surface area contributed by atoms with Gasteiger partial charge in [0.25, 0.3) is 0 Å². The largest absolute Gasteiger partial charge is 0.378 e. The Kier molecular flexibility index (Phi) is 3.81. The predicted octanol–water partition coefficient (Wildman–Crippen LogP) is 4.71. The molecule has 1 N–H and O–H groups in total. The third-order valence-electron chi connectivity index (χ3n) is 3.21. The summed E-state index contributed by atoms with van der Waals surface area (Å²) in [6, 6.07) is 14.3. The van der Waals surface area contributed by atoms with Gasteiger partial charge in [-0.25, -0.2) is 0 Å². The van der Waals surface area contributed by atoms with E-state index in [0.29, 0.717) is 6.54 Å². The number of aryl methyl sites for hydroxylation is 1. The van der Waals surface area contributed by atoms with Crippen LogP contribution in [0.15, 0.2) is 51.4 Å². The highest BCUT2D eigenvalue weighted by Crippen LogP contribution is 2.27. The van der Waals surface area contributed by atoms with Crippen LogP contribution in [0.4, 0.5) is 5.69 Å². The Balaban J connectivity index is 1.89. The Morgan fingerprint density at radius 3 is 2.80 bits per heavy atom. The monoisotopic (exact) mass is 393 g/mol. The van der Waals surface area contributed by atoms with E-state index in [1.807, 2.05) is 36.0 Å². The van der Waals surface area contributed by atoms with Gasteiger partial charge in [0.2, 0.25) is 0 Å². The fourth-order valence-corrected chi connectivity index (χ4v) is 2.98. The quantitative estimate of drug-likeness (QED) is 0.697. The van der Waals surface area contributed by atoms with Gasteiger partial charge in [0.1, 0.15) is 0 Å². The van der Waals surface area contributed by atoms with Gasteiger partial charge < -0.3 is 5.32 Å². The minimum Gasteiger partial charge on any atom is -0.378 e. The van der Waals surface area contributed by atoms with Gasteiger partial charge in [-0.05, 0) is 40.2 Å². The zero-order valence-electron chi connectivity index (χ0n) is 10.9. The zero-order valence-corrected chi connectivity index (χ0v) is 14.1. The lowest BCUT2D eigenvalue weighted by molar-refractivity contribution is 0.771. The number of fused-ring (bicyclic) bond motifs is 1. The summed E-state index contributed by atoms with van der Waals surface area (Å²) >= 11 is 7.04. The number of anilines is 1. The summed E-state index contributed by atoms with van der Waals surface area (Å²) in [5, 5.41) is 9.20. The molecular formula is C15H13Br2N3. The van der Waals surface area contributed by atoms with Crippen molar-refractivity contribution in [2.75, 3.05) is 5.32 Å². The van der Waals surface area contributed by atoms with Crippen molar-refractivity contribution in [3.63, 3.8) is 0 Å². The molecule has 0 spiro atoms. The summed E-state index contributed by atoms with van der Waals surface area (Å²) in [7, 11) is 1.97. The molecule has 0 saturated carbocycles. The first kappa shape index (κ1) is 13.6. The molecule has 0 atom stereocenters. The molecule has 5 heteroatoms. The van der Waals surface area contributed by atoms with Crippen LogP contribution < -0.4 is 5.32 Å². The molecule has 0 aliphatic carbocycles. The van der Waals surface area contributed by atoms with E-state index in [1.165, 1.54) is 5.39 Å². The Labute approximate surface area is 134 Å².